The van der Waals surface area contributed by atoms with Gasteiger partial charge in [-0.3, -0.25) is 9.69 Å². The Bertz CT molecular complexity index is 700. The Kier molecular flexibility index (Phi) is 3.78. The molecule has 1 fully saturated rings. The van der Waals surface area contributed by atoms with Gasteiger partial charge in [-0.2, -0.15) is 11.8 Å². The summed E-state index contributed by atoms with van der Waals surface area (Å²) in [5, 5.41) is 20.5. The number of hydrogen-bond acceptors (Lipinski definition) is 6. The summed E-state index contributed by atoms with van der Waals surface area (Å²) in [6, 6.07) is 0. The van der Waals surface area contributed by atoms with Gasteiger partial charge in [0.2, 0.25) is 0 Å². The summed E-state index contributed by atoms with van der Waals surface area (Å²) in [6.07, 6.45) is 4.28. The zero-order valence-electron chi connectivity index (χ0n) is 11.7. The van der Waals surface area contributed by atoms with Crippen molar-refractivity contribution >= 4 is 22.8 Å². The summed E-state index contributed by atoms with van der Waals surface area (Å²) in [6.45, 7) is 1.35. The molecule has 1 aliphatic rings. The SMILES string of the molecule is CSC[C@@]1(O)CN(Cc2c[nH]c3c(=O)[nH]cnc23)C[C@@H]1O. The average Bonchev–Trinajstić information content (AvgIpc) is 2.94. The van der Waals surface area contributed by atoms with E-state index in [1.54, 1.807) is 6.20 Å². The van der Waals surface area contributed by atoms with Gasteiger partial charge in [0.05, 0.1) is 17.9 Å². The van der Waals surface area contributed by atoms with Crippen LogP contribution in [0.4, 0.5) is 0 Å². The molecule has 8 heteroatoms. The van der Waals surface area contributed by atoms with Crippen molar-refractivity contribution in [3.05, 3.63) is 28.4 Å². The fraction of sp³-hybridized carbons (Fsp3) is 0.538. The fourth-order valence-corrected chi connectivity index (χ4v) is 3.63. The molecule has 21 heavy (non-hydrogen) atoms. The van der Waals surface area contributed by atoms with E-state index in [1.807, 2.05) is 11.2 Å². The molecule has 0 unspecified atom stereocenters. The number of likely N-dealkylation sites (tertiary alicyclic amines) is 1. The zero-order chi connectivity index (χ0) is 15.0. The van der Waals surface area contributed by atoms with E-state index in [4.69, 9.17) is 0 Å². The van der Waals surface area contributed by atoms with Crippen LogP contribution < -0.4 is 5.56 Å². The third kappa shape index (κ3) is 2.59. The van der Waals surface area contributed by atoms with Crippen molar-refractivity contribution in [3.8, 4) is 0 Å². The number of aliphatic hydroxyl groups is 2. The summed E-state index contributed by atoms with van der Waals surface area (Å²) >= 11 is 1.52. The van der Waals surface area contributed by atoms with Crippen LogP contribution in [0.3, 0.4) is 0 Å². The number of aromatic nitrogens is 3. The van der Waals surface area contributed by atoms with Crippen LogP contribution >= 0.6 is 11.8 Å². The van der Waals surface area contributed by atoms with E-state index >= 15 is 0 Å². The van der Waals surface area contributed by atoms with Crippen LogP contribution in [0.2, 0.25) is 0 Å². The number of aromatic amines is 2. The minimum Gasteiger partial charge on any atom is -0.389 e. The normalized spacial score (nSPS) is 26.7. The minimum absolute atomic E-state index is 0.202. The van der Waals surface area contributed by atoms with Crippen LogP contribution in [0.5, 0.6) is 0 Å². The van der Waals surface area contributed by atoms with Gasteiger partial charge in [0.15, 0.2) is 0 Å². The molecule has 0 radical (unpaired) electrons. The van der Waals surface area contributed by atoms with E-state index in [9.17, 15) is 15.0 Å². The standard InChI is InChI=1S/C13H18N4O3S/c1-21-6-13(20)5-17(4-9(13)18)3-8-2-14-11-10(8)15-7-16-12(11)19/h2,7,9,14,18,20H,3-6H2,1H3,(H,15,16,19)/t9-,13-/m0/s1. The van der Waals surface area contributed by atoms with Crippen LogP contribution in [-0.4, -0.2) is 66.9 Å². The van der Waals surface area contributed by atoms with E-state index in [0.717, 1.165) is 5.56 Å². The Morgan fingerprint density at radius 1 is 1.57 bits per heavy atom. The predicted octanol–water partition coefficient (Wildman–Crippen LogP) is -0.478. The van der Waals surface area contributed by atoms with Crippen molar-refractivity contribution in [2.24, 2.45) is 0 Å². The third-order valence-corrected chi connectivity index (χ3v) is 4.67. The average molecular weight is 310 g/mol. The number of rotatable bonds is 4. The maximum atomic E-state index is 11.6. The molecule has 0 bridgehead atoms. The van der Waals surface area contributed by atoms with E-state index in [1.165, 1.54) is 18.1 Å². The molecule has 1 saturated heterocycles. The molecule has 2 aromatic heterocycles. The first kappa shape index (κ1) is 14.6. The highest BCUT2D eigenvalue weighted by molar-refractivity contribution is 7.98. The first-order valence-corrected chi connectivity index (χ1v) is 8.08. The van der Waals surface area contributed by atoms with Crippen molar-refractivity contribution in [1.82, 2.24) is 19.9 Å². The van der Waals surface area contributed by atoms with Crippen LogP contribution in [-0.2, 0) is 6.54 Å². The number of H-pyrrole nitrogens is 2. The number of nitrogens with one attached hydrogen (secondary N) is 2. The molecule has 0 aromatic carbocycles. The first-order chi connectivity index (χ1) is 10.0. The monoisotopic (exact) mass is 310 g/mol. The van der Waals surface area contributed by atoms with Crippen molar-refractivity contribution in [2.45, 2.75) is 18.2 Å². The molecule has 2 aromatic rings. The smallest absolute Gasteiger partial charge is 0.275 e. The Hall–Kier alpha value is -1.35. The Balaban J connectivity index is 1.81. The number of hydrogen-bond donors (Lipinski definition) is 4. The van der Waals surface area contributed by atoms with Gasteiger partial charge in [0.1, 0.15) is 11.1 Å². The van der Waals surface area contributed by atoms with Gasteiger partial charge in [0, 0.05) is 37.1 Å². The molecule has 3 rings (SSSR count). The van der Waals surface area contributed by atoms with E-state index in [2.05, 4.69) is 15.0 Å². The summed E-state index contributed by atoms with van der Waals surface area (Å²) in [5.74, 6) is 0.496. The second-order valence-corrected chi connectivity index (χ2v) is 6.36. The Morgan fingerprint density at radius 3 is 3.14 bits per heavy atom. The lowest BCUT2D eigenvalue weighted by atomic mass is 10.0. The van der Waals surface area contributed by atoms with Crippen LogP contribution in [0.1, 0.15) is 5.56 Å². The highest BCUT2D eigenvalue weighted by Crippen LogP contribution is 2.27. The molecular weight excluding hydrogens is 292 g/mol. The molecule has 4 N–H and O–H groups in total. The van der Waals surface area contributed by atoms with Crippen molar-refractivity contribution in [1.29, 1.82) is 0 Å². The van der Waals surface area contributed by atoms with Crippen LogP contribution in [0.15, 0.2) is 17.3 Å². The highest BCUT2D eigenvalue weighted by Gasteiger charge is 2.43. The maximum absolute atomic E-state index is 11.6. The van der Waals surface area contributed by atoms with Gasteiger partial charge in [0.25, 0.3) is 5.56 Å². The molecule has 0 saturated carbocycles. The first-order valence-electron chi connectivity index (χ1n) is 6.69. The second kappa shape index (κ2) is 5.45. The van der Waals surface area contributed by atoms with Gasteiger partial charge in [-0.25, -0.2) is 4.98 Å². The van der Waals surface area contributed by atoms with Gasteiger partial charge in [-0.1, -0.05) is 0 Å². The third-order valence-electron chi connectivity index (χ3n) is 3.89. The Labute approximate surface area is 125 Å². The molecule has 1 aliphatic heterocycles. The summed E-state index contributed by atoms with van der Waals surface area (Å²) < 4.78 is 0. The van der Waals surface area contributed by atoms with Gasteiger partial charge < -0.3 is 20.2 Å². The van der Waals surface area contributed by atoms with E-state index < -0.39 is 11.7 Å². The summed E-state index contributed by atoms with van der Waals surface area (Å²) in [4.78, 5) is 23.3. The van der Waals surface area contributed by atoms with Crippen molar-refractivity contribution in [2.75, 3.05) is 25.1 Å². The second-order valence-electron chi connectivity index (χ2n) is 5.49. The number of fused-ring (bicyclic) bond motifs is 1. The molecule has 114 valence electrons. The lowest BCUT2D eigenvalue weighted by Crippen LogP contribution is -2.44. The molecular formula is C13H18N4O3S. The van der Waals surface area contributed by atoms with Crippen molar-refractivity contribution < 1.29 is 10.2 Å². The quantitative estimate of drug-likeness (QED) is 0.608. The number of nitrogens with zero attached hydrogens (tertiary/aromatic N) is 2. The fourth-order valence-electron chi connectivity index (χ4n) is 2.85. The minimum atomic E-state index is -1.07. The maximum Gasteiger partial charge on any atom is 0.275 e. The van der Waals surface area contributed by atoms with Gasteiger partial charge in [-0.15, -0.1) is 0 Å². The zero-order valence-corrected chi connectivity index (χ0v) is 12.5. The van der Waals surface area contributed by atoms with Gasteiger partial charge >= 0.3 is 0 Å². The number of β-amino-alcohol motifs (C(OH)–C–C–N with tert-alkyl or cyclic N) is 2. The van der Waals surface area contributed by atoms with Crippen LogP contribution in [0, 0.1) is 0 Å². The molecule has 0 aliphatic carbocycles. The molecule has 2 atom stereocenters. The number of aliphatic hydroxyl groups excluding tert-OH is 1. The van der Waals surface area contributed by atoms with Crippen LogP contribution in [0.25, 0.3) is 11.0 Å². The highest BCUT2D eigenvalue weighted by atomic mass is 32.2. The summed E-state index contributed by atoms with van der Waals surface area (Å²) in [5.41, 5.74) is 0.694. The predicted molar refractivity (Wildman–Crippen MR) is 81.3 cm³/mol. The number of thioether (sulfide) groups is 1. The lowest BCUT2D eigenvalue weighted by Gasteiger charge is -2.24. The Morgan fingerprint density at radius 2 is 2.38 bits per heavy atom. The molecule has 0 spiro atoms. The largest absolute Gasteiger partial charge is 0.389 e. The van der Waals surface area contributed by atoms with E-state index in [-0.39, 0.29) is 5.56 Å². The van der Waals surface area contributed by atoms with Gasteiger partial charge in [-0.05, 0) is 6.26 Å². The van der Waals surface area contributed by atoms with Crippen molar-refractivity contribution in [3.63, 3.8) is 0 Å². The molecule has 3 heterocycles. The molecule has 0 amide bonds. The van der Waals surface area contributed by atoms with E-state index in [0.29, 0.717) is 36.4 Å². The lowest BCUT2D eigenvalue weighted by molar-refractivity contribution is -0.0216. The molecule has 7 nitrogen and oxygen atoms in total. The topological polar surface area (TPSA) is 105 Å². The summed E-state index contributed by atoms with van der Waals surface area (Å²) in [7, 11) is 0.